The Bertz CT molecular complexity index is 802. The van der Waals surface area contributed by atoms with Crippen molar-refractivity contribution < 1.29 is 19.1 Å². The molecule has 3 amide bonds. The molecule has 0 saturated heterocycles. The van der Waals surface area contributed by atoms with E-state index in [1.807, 2.05) is 32.0 Å². The minimum Gasteiger partial charge on any atom is -0.444 e. The predicted octanol–water partition coefficient (Wildman–Crippen LogP) is 5.19. The van der Waals surface area contributed by atoms with Crippen LogP contribution in [0.1, 0.15) is 95.9 Å². The third-order valence-electron chi connectivity index (χ3n) is 5.47. The zero-order valence-electron chi connectivity index (χ0n) is 22.3. The molecule has 0 radical (unpaired) electrons. The fourth-order valence-electron chi connectivity index (χ4n) is 3.66. The molecule has 192 valence electrons. The van der Waals surface area contributed by atoms with E-state index in [2.05, 4.69) is 24.5 Å². The average Bonchev–Trinajstić information content (AvgIpc) is 2.75. The maximum absolute atomic E-state index is 13.4. The van der Waals surface area contributed by atoms with E-state index in [9.17, 15) is 14.4 Å². The molecule has 1 aromatic rings. The third-order valence-corrected chi connectivity index (χ3v) is 5.47. The van der Waals surface area contributed by atoms with Gasteiger partial charge in [-0.25, -0.2) is 4.79 Å². The first-order chi connectivity index (χ1) is 16.0. The summed E-state index contributed by atoms with van der Waals surface area (Å²) in [6, 6.07) is 5.21. The van der Waals surface area contributed by atoms with Crippen LogP contribution in [-0.4, -0.2) is 48.0 Å². The predicted molar refractivity (Wildman–Crippen MR) is 137 cm³/mol. The van der Waals surface area contributed by atoms with Gasteiger partial charge in [0.25, 0.3) is 0 Å². The van der Waals surface area contributed by atoms with Crippen molar-refractivity contribution in [2.75, 3.05) is 19.6 Å². The Morgan fingerprint density at radius 3 is 2.26 bits per heavy atom. The summed E-state index contributed by atoms with van der Waals surface area (Å²) in [7, 11) is 0. The van der Waals surface area contributed by atoms with Gasteiger partial charge < -0.3 is 20.3 Å². The Balaban J connectivity index is 3.23. The van der Waals surface area contributed by atoms with E-state index in [0.29, 0.717) is 13.1 Å². The second-order valence-corrected chi connectivity index (χ2v) is 9.91. The number of carbonyl (C=O) groups excluding carboxylic acids is 3. The van der Waals surface area contributed by atoms with Crippen molar-refractivity contribution in [3.8, 4) is 0 Å². The maximum Gasteiger partial charge on any atom is 0.408 e. The molecule has 0 aliphatic carbocycles. The van der Waals surface area contributed by atoms with Crippen molar-refractivity contribution in [3.05, 3.63) is 34.9 Å². The van der Waals surface area contributed by atoms with Gasteiger partial charge in [0.2, 0.25) is 11.8 Å². The van der Waals surface area contributed by atoms with Gasteiger partial charge in [-0.15, -0.1) is 0 Å². The van der Waals surface area contributed by atoms with Crippen molar-refractivity contribution in [2.45, 2.75) is 98.6 Å². The Morgan fingerprint density at radius 1 is 0.971 bits per heavy atom. The summed E-state index contributed by atoms with van der Waals surface area (Å²) in [6.45, 7) is 14.2. The number of unbranched alkanes of at least 4 members (excludes halogenated alkanes) is 4. The Morgan fingerprint density at radius 2 is 1.65 bits per heavy atom. The molecule has 0 aromatic heterocycles. The Labute approximate surface area is 206 Å². The molecule has 0 heterocycles. The van der Waals surface area contributed by atoms with Crippen LogP contribution in [0.25, 0.3) is 0 Å². The van der Waals surface area contributed by atoms with Crippen LogP contribution < -0.4 is 10.6 Å². The minimum atomic E-state index is -0.758. The fraction of sp³-hybridized carbons (Fsp3) is 0.667. The molecule has 34 heavy (non-hydrogen) atoms. The van der Waals surface area contributed by atoms with Crippen molar-refractivity contribution in [1.29, 1.82) is 0 Å². The maximum atomic E-state index is 13.4. The largest absolute Gasteiger partial charge is 0.444 e. The lowest BCUT2D eigenvalue weighted by atomic mass is 9.96. The van der Waals surface area contributed by atoms with Crippen LogP contribution in [0.4, 0.5) is 4.79 Å². The molecule has 0 spiro atoms. The van der Waals surface area contributed by atoms with Gasteiger partial charge >= 0.3 is 6.09 Å². The average molecular weight is 476 g/mol. The zero-order chi connectivity index (χ0) is 25.7. The number of nitrogens with one attached hydrogen (secondary N) is 2. The number of aryl methyl sites for hydroxylation is 2. The van der Waals surface area contributed by atoms with Gasteiger partial charge in [0.1, 0.15) is 18.2 Å². The lowest BCUT2D eigenvalue weighted by Crippen LogP contribution is -2.48. The van der Waals surface area contributed by atoms with E-state index in [1.54, 1.807) is 25.7 Å². The van der Waals surface area contributed by atoms with Crippen LogP contribution in [0.5, 0.6) is 0 Å². The van der Waals surface area contributed by atoms with E-state index in [0.717, 1.165) is 55.2 Å². The van der Waals surface area contributed by atoms with E-state index >= 15 is 0 Å². The van der Waals surface area contributed by atoms with E-state index in [4.69, 9.17) is 4.74 Å². The quantitative estimate of drug-likeness (QED) is 0.384. The molecule has 0 saturated carbocycles. The smallest absolute Gasteiger partial charge is 0.408 e. The van der Waals surface area contributed by atoms with Gasteiger partial charge in [-0.3, -0.25) is 9.59 Å². The van der Waals surface area contributed by atoms with Crippen molar-refractivity contribution in [2.24, 2.45) is 0 Å². The zero-order valence-corrected chi connectivity index (χ0v) is 22.3. The topological polar surface area (TPSA) is 87.7 Å². The number of benzene rings is 1. The molecule has 0 aliphatic heterocycles. The number of carbonyl (C=O) groups is 3. The number of rotatable bonds is 13. The molecule has 0 fully saturated rings. The molecule has 1 atom stereocenters. The molecule has 7 nitrogen and oxygen atoms in total. The molecular formula is C27H45N3O4. The van der Waals surface area contributed by atoms with Crippen molar-refractivity contribution in [3.63, 3.8) is 0 Å². The highest BCUT2D eigenvalue weighted by atomic mass is 16.6. The third kappa shape index (κ3) is 10.6. The monoisotopic (exact) mass is 475 g/mol. The van der Waals surface area contributed by atoms with E-state index in [1.165, 1.54) is 0 Å². The molecule has 7 heteroatoms. The molecule has 1 rings (SSSR count). The summed E-state index contributed by atoms with van der Waals surface area (Å²) in [5.41, 5.74) is 2.13. The van der Waals surface area contributed by atoms with Gasteiger partial charge in [-0.2, -0.15) is 0 Å². The van der Waals surface area contributed by atoms with E-state index < -0.39 is 17.7 Å². The molecule has 1 unspecified atom stereocenters. The van der Waals surface area contributed by atoms with Crippen LogP contribution >= 0.6 is 0 Å². The highest BCUT2D eigenvalue weighted by molar-refractivity contribution is 5.90. The van der Waals surface area contributed by atoms with Crippen LogP contribution in [0.2, 0.25) is 0 Å². The number of alkyl carbamates (subject to hydrolysis) is 1. The molecule has 0 bridgehead atoms. The standard InChI is InChI=1S/C27H45N3O4/c1-8-10-12-13-17-30(23(31)19-29-26(33)34-27(5,6)7)24(25(32)28-16-11-9-2)22-18-20(3)14-15-21(22)4/h14-15,18,24H,8-13,16-17,19H2,1-7H3,(H,28,32)(H,29,33). The summed E-state index contributed by atoms with van der Waals surface area (Å²) in [6.07, 6.45) is 5.08. The number of amides is 3. The lowest BCUT2D eigenvalue weighted by Gasteiger charge is -2.33. The Hall–Kier alpha value is -2.57. The van der Waals surface area contributed by atoms with Gasteiger partial charge in [0.15, 0.2) is 0 Å². The van der Waals surface area contributed by atoms with Gasteiger partial charge in [0, 0.05) is 13.1 Å². The highest BCUT2D eigenvalue weighted by Crippen LogP contribution is 2.26. The number of ether oxygens (including phenoxy) is 1. The van der Waals surface area contributed by atoms with E-state index in [-0.39, 0.29) is 18.4 Å². The normalized spacial score (nSPS) is 12.1. The summed E-state index contributed by atoms with van der Waals surface area (Å²) < 4.78 is 5.27. The Kier molecular flexibility index (Phi) is 12.7. The SMILES string of the molecule is CCCCCCN(C(=O)CNC(=O)OC(C)(C)C)C(C(=O)NCCCC)c1cc(C)ccc1C. The first-order valence-corrected chi connectivity index (χ1v) is 12.6. The molecule has 0 aliphatic rings. The van der Waals surface area contributed by atoms with Crippen LogP contribution in [-0.2, 0) is 14.3 Å². The number of hydrogen-bond acceptors (Lipinski definition) is 4. The van der Waals surface area contributed by atoms with Gasteiger partial charge in [0.05, 0.1) is 0 Å². The molecule has 1 aromatic carbocycles. The lowest BCUT2D eigenvalue weighted by molar-refractivity contribution is -0.140. The van der Waals surface area contributed by atoms with Crippen LogP contribution in [0.3, 0.4) is 0 Å². The van der Waals surface area contributed by atoms with Crippen LogP contribution in [0, 0.1) is 13.8 Å². The molecular weight excluding hydrogens is 430 g/mol. The van der Waals surface area contributed by atoms with Gasteiger partial charge in [-0.05, 0) is 58.6 Å². The van der Waals surface area contributed by atoms with Gasteiger partial charge in [-0.1, -0.05) is 63.3 Å². The fourth-order valence-corrected chi connectivity index (χ4v) is 3.66. The van der Waals surface area contributed by atoms with Crippen molar-refractivity contribution in [1.82, 2.24) is 15.5 Å². The second-order valence-electron chi connectivity index (χ2n) is 9.91. The first kappa shape index (κ1) is 29.5. The summed E-state index contributed by atoms with van der Waals surface area (Å²) in [5.74, 6) is -0.498. The second kappa shape index (κ2) is 14.6. The minimum absolute atomic E-state index is 0.191. The van der Waals surface area contributed by atoms with Crippen molar-refractivity contribution >= 4 is 17.9 Å². The number of hydrogen-bond donors (Lipinski definition) is 2. The first-order valence-electron chi connectivity index (χ1n) is 12.6. The number of nitrogens with zero attached hydrogens (tertiary/aromatic N) is 1. The van der Waals surface area contributed by atoms with Crippen LogP contribution in [0.15, 0.2) is 18.2 Å². The summed E-state index contributed by atoms with van der Waals surface area (Å²) >= 11 is 0. The summed E-state index contributed by atoms with van der Waals surface area (Å²) in [4.78, 5) is 40.6. The highest BCUT2D eigenvalue weighted by Gasteiger charge is 2.32. The summed E-state index contributed by atoms with van der Waals surface area (Å²) in [5, 5.41) is 5.58. The molecule has 2 N–H and O–H groups in total.